The van der Waals surface area contributed by atoms with Gasteiger partial charge in [-0.25, -0.2) is 0 Å². The zero-order chi connectivity index (χ0) is 22.3. The molecule has 0 aliphatic carbocycles. The van der Waals surface area contributed by atoms with Crippen LogP contribution in [0.5, 0.6) is 0 Å². The number of pyridine rings is 1. The minimum Gasteiger partial charge on any atom is -0.370 e. The van der Waals surface area contributed by atoms with Crippen LogP contribution in [0.4, 0.5) is 18.9 Å². The van der Waals surface area contributed by atoms with E-state index < -0.39 is 18.0 Å². The molecule has 1 unspecified atom stereocenters. The number of nitrogens with one attached hydrogen (secondary N) is 1. The maximum atomic E-state index is 14.0. The normalized spacial score (nSPS) is 26.1. The number of fused-ring (bicyclic) bond motifs is 1. The van der Waals surface area contributed by atoms with Crippen LogP contribution in [0, 0.1) is 28.6 Å². The number of alkyl halides is 3. The average molecular weight is 444 g/mol. The molecule has 4 heterocycles. The lowest BCUT2D eigenvalue weighted by Crippen LogP contribution is -2.45. The molecule has 0 bridgehead atoms. The summed E-state index contributed by atoms with van der Waals surface area (Å²) in [6.07, 6.45) is 0.703. The van der Waals surface area contributed by atoms with Gasteiger partial charge >= 0.3 is 6.18 Å². The minimum atomic E-state index is -4.23. The molecule has 1 aromatic heterocycles. The van der Waals surface area contributed by atoms with E-state index in [1.165, 1.54) is 6.42 Å². The zero-order valence-corrected chi connectivity index (χ0v) is 18.0. The molecular formula is C24H28F3N5. The van der Waals surface area contributed by atoms with E-state index in [2.05, 4.69) is 21.3 Å². The number of anilines is 1. The first kappa shape index (κ1) is 21.5. The molecule has 5 rings (SSSR count). The first-order valence-electron chi connectivity index (χ1n) is 11.4. The fourth-order valence-corrected chi connectivity index (χ4v) is 5.91. The Balaban J connectivity index is 1.36. The van der Waals surface area contributed by atoms with Crippen LogP contribution < -0.4 is 10.2 Å². The standard InChI is InChI=1S/C24H28F3N5/c25-24(26,27)20-15-32(21-4-3-17(12-28)22-19(21)2-1-8-30-22)14-18(20)13-31-10-6-23(7-11-31)5-9-29-16-23/h1-4,8,18,20,29H,5-7,9-11,13-16H2/t18-,20?/m0/s1. The molecule has 3 aliphatic rings. The summed E-state index contributed by atoms with van der Waals surface area (Å²) >= 11 is 0. The Kier molecular flexibility index (Phi) is 5.50. The van der Waals surface area contributed by atoms with E-state index >= 15 is 0 Å². The van der Waals surface area contributed by atoms with E-state index in [1.54, 1.807) is 24.4 Å². The summed E-state index contributed by atoms with van der Waals surface area (Å²) in [7, 11) is 0. The molecule has 0 radical (unpaired) electrons. The van der Waals surface area contributed by atoms with Crippen LogP contribution in [-0.4, -0.2) is 61.9 Å². The molecule has 8 heteroatoms. The van der Waals surface area contributed by atoms with Crippen molar-refractivity contribution >= 4 is 16.6 Å². The SMILES string of the molecule is N#Cc1ccc(N2CC(C(F)(F)F)[C@@H](CN3CCC4(CCNC4)CC3)C2)c2cccnc12. The Hall–Kier alpha value is -2.37. The van der Waals surface area contributed by atoms with Crippen LogP contribution in [0.25, 0.3) is 10.9 Å². The van der Waals surface area contributed by atoms with Crippen LogP contribution in [0.3, 0.4) is 0 Å². The first-order valence-corrected chi connectivity index (χ1v) is 11.4. The van der Waals surface area contributed by atoms with Gasteiger partial charge in [0.05, 0.1) is 17.0 Å². The second-order valence-electron chi connectivity index (χ2n) is 9.68. The van der Waals surface area contributed by atoms with Gasteiger partial charge in [0.1, 0.15) is 6.07 Å². The van der Waals surface area contributed by atoms with E-state index in [9.17, 15) is 18.4 Å². The van der Waals surface area contributed by atoms with Gasteiger partial charge in [0.25, 0.3) is 0 Å². The average Bonchev–Trinajstić information content (AvgIpc) is 3.42. The van der Waals surface area contributed by atoms with Crippen molar-refractivity contribution in [3.8, 4) is 6.07 Å². The Labute approximate surface area is 186 Å². The number of nitriles is 1. The van der Waals surface area contributed by atoms with Gasteiger partial charge in [0, 0.05) is 49.4 Å². The van der Waals surface area contributed by atoms with Gasteiger partial charge in [-0.1, -0.05) is 0 Å². The lowest BCUT2D eigenvalue weighted by atomic mass is 9.77. The lowest BCUT2D eigenvalue weighted by molar-refractivity contribution is -0.180. The van der Waals surface area contributed by atoms with E-state index in [-0.39, 0.29) is 6.54 Å². The maximum Gasteiger partial charge on any atom is 0.393 e. The molecule has 2 aromatic rings. The predicted molar refractivity (Wildman–Crippen MR) is 117 cm³/mol. The van der Waals surface area contributed by atoms with Crippen molar-refractivity contribution in [1.29, 1.82) is 5.26 Å². The topological polar surface area (TPSA) is 55.2 Å². The van der Waals surface area contributed by atoms with Crippen molar-refractivity contribution in [2.24, 2.45) is 17.3 Å². The van der Waals surface area contributed by atoms with Gasteiger partial charge in [-0.3, -0.25) is 4.98 Å². The number of likely N-dealkylation sites (tertiary alicyclic amines) is 1. The molecule has 3 saturated heterocycles. The highest BCUT2D eigenvalue weighted by Crippen LogP contribution is 2.43. The predicted octanol–water partition coefficient (Wildman–Crippen LogP) is 3.80. The number of hydrogen-bond donors (Lipinski definition) is 1. The molecule has 1 spiro atoms. The maximum absolute atomic E-state index is 14.0. The quantitative estimate of drug-likeness (QED) is 0.782. The van der Waals surface area contributed by atoms with Crippen LogP contribution in [0.1, 0.15) is 24.8 Å². The highest BCUT2D eigenvalue weighted by atomic mass is 19.4. The fourth-order valence-electron chi connectivity index (χ4n) is 5.91. The third-order valence-electron chi connectivity index (χ3n) is 7.81. The number of hydrogen-bond acceptors (Lipinski definition) is 5. The molecule has 32 heavy (non-hydrogen) atoms. The molecule has 0 saturated carbocycles. The van der Waals surface area contributed by atoms with E-state index in [0.29, 0.717) is 29.6 Å². The van der Waals surface area contributed by atoms with Crippen molar-refractivity contribution in [2.75, 3.05) is 50.7 Å². The third-order valence-corrected chi connectivity index (χ3v) is 7.81. The van der Waals surface area contributed by atoms with Crippen LogP contribution in [0.15, 0.2) is 30.5 Å². The smallest absolute Gasteiger partial charge is 0.370 e. The molecule has 3 aliphatic heterocycles. The van der Waals surface area contributed by atoms with Crippen molar-refractivity contribution in [3.63, 3.8) is 0 Å². The van der Waals surface area contributed by atoms with Gasteiger partial charge < -0.3 is 15.1 Å². The van der Waals surface area contributed by atoms with Gasteiger partial charge in [0.2, 0.25) is 0 Å². The van der Waals surface area contributed by atoms with Crippen molar-refractivity contribution in [1.82, 2.24) is 15.2 Å². The second-order valence-corrected chi connectivity index (χ2v) is 9.68. The Bertz CT molecular complexity index is 1010. The number of halogens is 3. The monoisotopic (exact) mass is 443 g/mol. The second kappa shape index (κ2) is 8.20. The highest BCUT2D eigenvalue weighted by Gasteiger charge is 2.50. The Morgan fingerprint density at radius 1 is 1.16 bits per heavy atom. The van der Waals surface area contributed by atoms with Gasteiger partial charge in [0.15, 0.2) is 0 Å². The Morgan fingerprint density at radius 2 is 1.97 bits per heavy atom. The molecule has 2 atom stereocenters. The number of aromatic nitrogens is 1. The van der Waals surface area contributed by atoms with E-state index in [0.717, 1.165) is 50.1 Å². The summed E-state index contributed by atoms with van der Waals surface area (Å²) in [6.45, 7) is 4.66. The zero-order valence-electron chi connectivity index (χ0n) is 18.0. The summed E-state index contributed by atoms with van der Waals surface area (Å²) in [6, 6.07) is 9.18. The van der Waals surface area contributed by atoms with Crippen molar-refractivity contribution < 1.29 is 13.2 Å². The number of rotatable bonds is 3. The van der Waals surface area contributed by atoms with Crippen molar-refractivity contribution in [2.45, 2.75) is 25.4 Å². The van der Waals surface area contributed by atoms with E-state index in [1.807, 2.05) is 11.0 Å². The summed E-state index contributed by atoms with van der Waals surface area (Å²) < 4.78 is 42.1. The minimum absolute atomic E-state index is 0.0498. The number of piperidine rings is 1. The summed E-state index contributed by atoms with van der Waals surface area (Å²) in [4.78, 5) is 8.41. The Morgan fingerprint density at radius 3 is 2.66 bits per heavy atom. The van der Waals surface area contributed by atoms with Crippen molar-refractivity contribution in [3.05, 3.63) is 36.0 Å². The number of benzene rings is 1. The van der Waals surface area contributed by atoms with Gasteiger partial charge in [-0.2, -0.15) is 18.4 Å². The van der Waals surface area contributed by atoms with Crippen LogP contribution >= 0.6 is 0 Å². The van der Waals surface area contributed by atoms with Crippen LogP contribution in [0.2, 0.25) is 0 Å². The molecule has 1 N–H and O–H groups in total. The first-order chi connectivity index (χ1) is 15.4. The fraction of sp³-hybridized carbons (Fsp3) is 0.583. The van der Waals surface area contributed by atoms with Gasteiger partial charge in [-0.15, -0.1) is 0 Å². The highest BCUT2D eigenvalue weighted by molar-refractivity contribution is 5.95. The summed E-state index contributed by atoms with van der Waals surface area (Å²) in [5.74, 6) is -1.82. The molecular weight excluding hydrogens is 415 g/mol. The molecule has 1 aromatic carbocycles. The summed E-state index contributed by atoms with van der Waals surface area (Å²) in [5, 5.41) is 13.6. The largest absolute Gasteiger partial charge is 0.393 e. The third kappa shape index (κ3) is 3.93. The van der Waals surface area contributed by atoms with Gasteiger partial charge in [-0.05, 0) is 68.6 Å². The summed E-state index contributed by atoms with van der Waals surface area (Å²) in [5.41, 5.74) is 2.08. The van der Waals surface area contributed by atoms with Crippen LogP contribution in [-0.2, 0) is 0 Å². The molecule has 5 nitrogen and oxygen atoms in total. The molecule has 3 fully saturated rings. The molecule has 170 valence electrons. The van der Waals surface area contributed by atoms with E-state index in [4.69, 9.17) is 0 Å². The molecule has 0 amide bonds. The number of nitrogens with zero attached hydrogens (tertiary/aromatic N) is 4. The lowest BCUT2D eigenvalue weighted by Gasteiger charge is -2.40.